The van der Waals surface area contributed by atoms with Gasteiger partial charge in [0.15, 0.2) is 18.1 Å². The van der Waals surface area contributed by atoms with Crippen LogP contribution in [0.1, 0.15) is 21.9 Å². The van der Waals surface area contributed by atoms with Crippen LogP contribution in [0.15, 0.2) is 76.6 Å². The molecule has 9 nitrogen and oxygen atoms in total. The molecule has 2 N–H and O–H groups in total. The number of carbonyl (C=O) groups excluding carboxylic acids is 3. The smallest absolute Gasteiger partial charge is 0.305 e. The molecule has 12 heteroatoms. The van der Waals surface area contributed by atoms with Gasteiger partial charge in [-0.2, -0.15) is 0 Å². The Hall–Kier alpha value is -4.42. The molecule has 1 fully saturated rings. The molecule has 1 aromatic heterocycles. The number of amides is 3. The number of imide groups is 1. The van der Waals surface area contributed by atoms with Crippen LogP contribution in [0.25, 0.3) is 0 Å². The number of methoxy groups -OCH3 is 1. The Morgan fingerprint density at radius 3 is 2.55 bits per heavy atom. The lowest BCUT2D eigenvalue weighted by Crippen LogP contribution is -2.32. The number of aromatic amines is 1. The van der Waals surface area contributed by atoms with Gasteiger partial charge in [-0.05, 0) is 66.6 Å². The topological polar surface area (TPSA) is 118 Å². The molecule has 4 aromatic rings. The second-order valence-electron chi connectivity index (χ2n) is 9.85. The number of nitrogens with one attached hydrogen (secondary N) is 2. The maximum absolute atomic E-state index is 13.8. The molecule has 3 atom stereocenters. The molecule has 0 aliphatic carbocycles. The zero-order chi connectivity index (χ0) is 29.5. The number of anilines is 2. The molecule has 3 amide bonds. The first-order chi connectivity index (χ1) is 20.2. The number of benzene rings is 3. The first-order valence-corrected chi connectivity index (χ1v) is 14.6. The van der Waals surface area contributed by atoms with Gasteiger partial charge in [0.25, 0.3) is 5.91 Å². The van der Waals surface area contributed by atoms with Gasteiger partial charge in [-0.3, -0.25) is 19.2 Å². The normalized spacial score (nSPS) is 19.3. The SMILES string of the molecule is COc1cc([C@@H]2c3sc(=O)[nH]c3S[C@H]3C(=O)N(c4ccc(F)cc4)C(=O)[C@@H]23)ccc1OCC(=O)Nc1cccc(C)c1. The van der Waals surface area contributed by atoms with Crippen molar-refractivity contribution in [3.63, 3.8) is 0 Å². The van der Waals surface area contributed by atoms with Crippen LogP contribution in [0.2, 0.25) is 0 Å². The summed E-state index contributed by atoms with van der Waals surface area (Å²) in [6.45, 7) is 1.66. The molecule has 3 heterocycles. The van der Waals surface area contributed by atoms with Crippen molar-refractivity contribution in [2.75, 3.05) is 23.9 Å². The zero-order valence-corrected chi connectivity index (χ0v) is 24.0. The first kappa shape index (κ1) is 27.7. The van der Waals surface area contributed by atoms with E-state index in [2.05, 4.69) is 10.3 Å². The van der Waals surface area contributed by atoms with E-state index in [1.165, 1.54) is 31.4 Å². The fourth-order valence-electron chi connectivity index (χ4n) is 5.28. The maximum Gasteiger partial charge on any atom is 0.305 e. The molecule has 0 saturated carbocycles. The molecule has 0 radical (unpaired) electrons. The molecule has 214 valence electrons. The molecule has 6 rings (SSSR count). The number of thioether (sulfide) groups is 1. The number of carbonyl (C=O) groups is 3. The Labute approximate surface area is 247 Å². The van der Waals surface area contributed by atoms with Crippen LogP contribution >= 0.6 is 23.1 Å². The molecule has 2 aliphatic heterocycles. The molecule has 0 spiro atoms. The number of H-pyrrole nitrogens is 1. The number of thiazole rings is 1. The summed E-state index contributed by atoms with van der Waals surface area (Å²) < 4.78 is 24.9. The third kappa shape index (κ3) is 5.07. The highest BCUT2D eigenvalue weighted by molar-refractivity contribution is 8.00. The standard InChI is InChI=1S/C30H24FN3O6S2/c1-15-4-3-5-18(12-15)32-22(35)14-40-20-11-6-16(13-21(20)39-2)23-24-26(41-27-25(23)42-30(38)33-27)29(37)34(28(24)36)19-9-7-17(31)8-10-19/h3-13,23-24,26H,14H2,1-2H3,(H,32,35)(H,33,38)/t23-,24-,26+/m0/s1. The predicted molar refractivity (Wildman–Crippen MR) is 157 cm³/mol. The van der Waals surface area contributed by atoms with Crippen LogP contribution in [0.5, 0.6) is 11.5 Å². The second kappa shape index (κ2) is 11.1. The highest BCUT2D eigenvalue weighted by Crippen LogP contribution is 2.53. The van der Waals surface area contributed by atoms with Gasteiger partial charge < -0.3 is 19.8 Å². The quantitative estimate of drug-likeness (QED) is 0.293. The summed E-state index contributed by atoms with van der Waals surface area (Å²) in [4.78, 5) is 56.4. The predicted octanol–water partition coefficient (Wildman–Crippen LogP) is 4.71. The van der Waals surface area contributed by atoms with Crippen molar-refractivity contribution >= 4 is 52.2 Å². The number of hydrogen-bond donors (Lipinski definition) is 2. The number of halogens is 1. The third-order valence-corrected chi connectivity index (χ3v) is 9.52. The van der Waals surface area contributed by atoms with Crippen molar-refractivity contribution in [3.05, 3.63) is 98.2 Å². The fourth-order valence-corrected chi connectivity index (χ4v) is 7.80. The van der Waals surface area contributed by atoms with Crippen LogP contribution in [-0.4, -0.2) is 41.7 Å². The summed E-state index contributed by atoms with van der Waals surface area (Å²) in [6, 6.07) is 17.6. The van der Waals surface area contributed by atoms with Gasteiger partial charge in [0, 0.05) is 16.5 Å². The lowest BCUT2D eigenvalue weighted by Gasteiger charge is -2.30. The van der Waals surface area contributed by atoms with Gasteiger partial charge in [0.2, 0.25) is 11.8 Å². The van der Waals surface area contributed by atoms with Gasteiger partial charge in [0.1, 0.15) is 11.1 Å². The van der Waals surface area contributed by atoms with E-state index in [1.807, 2.05) is 25.1 Å². The van der Waals surface area contributed by atoms with Gasteiger partial charge in [-0.25, -0.2) is 9.29 Å². The summed E-state index contributed by atoms with van der Waals surface area (Å²) >= 11 is 2.14. The summed E-state index contributed by atoms with van der Waals surface area (Å²) in [5.41, 5.74) is 2.58. The Kier molecular flexibility index (Phi) is 7.33. The van der Waals surface area contributed by atoms with Gasteiger partial charge >= 0.3 is 4.87 Å². The Balaban J connectivity index is 1.30. The van der Waals surface area contributed by atoms with Crippen molar-refractivity contribution in [2.45, 2.75) is 23.1 Å². The van der Waals surface area contributed by atoms with Gasteiger partial charge in [-0.1, -0.05) is 41.3 Å². The Bertz CT molecular complexity index is 1770. The van der Waals surface area contributed by atoms with E-state index in [-0.39, 0.29) is 23.1 Å². The highest BCUT2D eigenvalue weighted by atomic mass is 32.2. The average Bonchev–Trinajstić information content (AvgIpc) is 3.46. The van der Waals surface area contributed by atoms with E-state index < -0.39 is 34.7 Å². The second-order valence-corrected chi connectivity index (χ2v) is 12.0. The molecule has 1 saturated heterocycles. The molecule has 42 heavy (non-hydrogen) atoms. The van der Waals surface area contributed by atoms with Crippen LogP contribution in [0.3, 0.4) is 0 Å². The van der Waals surface area contributed by atoms with Gasteiger partial charge in [0.05, 0.1) is 23.7 Å². The molecule has 3 aromatic carbocycles. The minimum absolute atomic E-state index is 0.266. The Morgan fingerprint density at radius 1 is 1.02 bits per heavy atom. The number of hydrogen-bond acceptors (Lipinski definition) is 8. The van der Waals surface area contributed by atoms with Crippen molar-refractivity contribution in [3.8, 4) is 11.5 Å². The third-order valence-electron chi connectivity index (χ3n) is 7.12. The van der Waals surface area contributed by atoms with E-state index in [0.29, 0.717) is 32.7 Å². The molecular formula is C30H24FN3O6S2. The van der Waals surface area contributed by atoms with Crippen LogP contribution in [-0.2, 0) is 14.4 Å². The van der Waals surface area contributed by atoms with Crippen LogP contribution in [0, 0.1) is 18.7 Å². The molecule has 0 unspecified atom stereocenters. The molecule has 0 bridgehead atoms. The van der Waals surface area contributed by atoms with E-state index in [1.54, 1.807) is 24.3 Å². The number of rotatable bonds is 7. The highest BCUT2D eigenvalue weighted by Gasteiger charge is 2.56. The summed E-state index contributed by atoms with van der Waals surface area (Å²) in [7, 11) is 1.46. The minimum Gasteiger partial charge on any atom is -0.493 e. The van der Waals surface area contributed by atoms with E-state index in [0.717, 1.165) is 33.6 Å². The zero-order valence-electron chi connectivity index (χ0n) is 22.4. The number of nitrogens with zero attached hydrogens (tertiary/aromatic N) is 1. The average molecular weight is 606 g/mol. The monoisotopic (exact) mass is 605 g/mol. The number of fused-ring (bicyclic) bond motifs is 2. The number of ether oxygens (including phenoxy) is 2. The Morgan fingerprint density at radius 2 is 1.81 bits per heavy atom. The van der Waals surface area contributed by atoms with E-state index >= 15 is 0 Å². The van der Waals surface area contributed by atoms with Crippen molar-refractivity contribution in [1.82, 2.24) is 4.98 Å². The van der Waals surface area contributed by atoms with Gasteiger partial charge in [-0.15, -0.1) is 0 Å². The molecule has 2 aliphatic rings. The van der Waals surface area contributed by atoms with E-state index in [4.69, 9.17) is 9.47 Å². The van der Waals surface area contributed by atoms with Crippen molar-refractivity contribution in [2.24, 2.45) is 5.92 Å². The van der Waals surface area contributed by atoms with E-state index in [9.17, 15) is 23.6 Å². The van der Waals surface area contributed by atoms with Crippen LogP contribution in [0.4, 0.5) is 15.8 Å². The van der Waals surface area contributed by atoms with Crippen LogP contribution < -0.4 is 24.6 Å². The largest absolute Gasteiger partial charge is 0.493 e. The summed E-state index contributed by atoms with van der Waals surface area (Å²) in [5, 5.41) is 2.53. The first-order valence-electron chi connectivity index (χ1n) is 12.9. The van der Waals surface area contributed by atoms with Crippen molar-refractivity contribution < 1.29 is 28.2 Å². The summed E-state index contributed by atoms with van der Waals surface area (Å²) in [5.74, 6) is -2.52. The number of aromatic nitrogens is 1. The summed E-state index contributed by atoms with van der Waals surface area (Å²) in [6.07, 6.45) is 0. The lowest BCUT2D eigenvalue weighted by atomic mass is 9.83. The maximum atomic E-state index is 13.8. The lowest BCUT2D eigenvalue weighted by molar-refractivity contribution is -0.122. The fraction of sp³-hybridized carbons (Fsp3) is 0.200. The minimum atomic E-state index is -0.817. The van der Waals surface area contributed by atoms with Crippen molar-refractivity contribution in [1.29, 1.82) is 0 Å². The molecular weight excluding hydrogens is 581 g/mol. The number of aryl methyl sites for hydroxylation is 1.